The summed E-state index contributed by atoms with van der Waals surface area (Å²) in [5, 5.41) is 7.59. The molecule has 0 bridgehead atoms. The minimum Gasteiger partial charge on any atom is -0.369 e. The highest BCUT2D eigenvalue weighted by Crippen LogP contribution is 2.25. The van der Waals surface area contributed by atoms with Crippen molar-refractivity contribution in [2.24, 2.45) is 0 Å². The molecule has 1 aromatic carbocycles. The topological polar surface area (TPSA) is 74.5 Å². The number of anilines is 1. The zero-order chi connectivity index (χ0) is 13.4. The average molecular weight is 325 g/mol. The lowest BCUT2D eigenvalue weighted by Crippen LogP contribution is -2.10. The molecule has 0 aliphatic carbocycles. The van der Waals surface area contributed by atoms with Gasteiger partial charge in [0.25, 0.3) is 0 Å². The quantitative estimate of drug-likeness (QED) is 0.797. The highest BCUT2D eigenvalue weighted by molar-refractivity contribution is 9.10. The molecule has 2 heterocycles. The lowest BCUT2D eigenvalue weighted by atomic mass is 10.3. The van der Waals surface area contributed by atoms with Crippen LogP contribution >= 0.6 is 15.9 Å². The summed E-state index contributed by atoms with van der Waals surface area (Å²) in [6.45, 7) is 1.14. The number of nitrogen functional groups attached to an aromatic ring is 1. The van der Waals surface area contributed by atoms with Crippen LogP contribution in [0, 0.1) is 5.82 Å². The average Bonchev–Trinajstić information content (AvgIpc) is 2.96. The summed E-state index contributed by atoms with van der Waals surface area (Å²) in [6, 6.07) is 3.04. The lowest BCUT2D eigenvalue weighted by molar-refractivity contribution is 0.528. The third-order valence-corrected chi connectivity index (χ3v) is 3.45. The molecular formula is C11H10BrFN6. The van der Waals surface area contributed by atoms with Gasteiger partial charge in [-0.25, -0.2) is 9.37 Å². The third kappa shape index (κ3) is 2.19. The van der Waals surface area contributed by atoms with Gasteiger partial charge in [0.15, 0.2) is 0 Å². The van der Waals surface area contributed by atoms with Crippen molar-refractivity contribution in [2.45, 2.75) is 13.1 Å². The van der Waals surface area contributed by atoms with Crippen molar-refractivity contribution in [2.75, 3.05) is 5.73 Å². The van der Waals surface area contributed by atoms with Crippen molar-refractivity contribution < 1.29 is 4.39 Å². The summed E-state index contributed by atoms with van der Waals surface area (Å²) < 4.78 is 17.4. The molecule has 0 unspecified atom stereocenters. The molecule has 0 spiro atoms. The van der Waals surface area contributed by atoms with Gasteiger partial charge in [-0.15, -0.1) is 5.10 Å². The number of hydrogen-bond acceptors (Lipinski definition) is 4. The van der Waals surface area contributed by atoms with Crippen LogP contribution in [0.1, 0.15) is 0 Å². The number of aromatic nitrogens is 5. The molecule has 0 aliphatic heterocycles. The largest absolute Gasteiger partial charge is 0.369 e. The summed E-state index contributed by atoms with van der Waals surface area (Å²) in [6.07, 6.45) is 3.36. The molecule has 2 aromatic heterocycles. The van der Waals surface area contributed by atoms with E-state index in [0.717, 1.165) is 0 Å². The van der Waals surface area contributed by atoms with Gasteiger partial charge in [-0.3, -0.25) is 4.68 Å². The molecule has 0 fully saturated rings. The van der Waals surface area contributed by atoms with Crippen LogP contribution in [-0.4, -0.2) is 24.5 Å². The molecule has 6 nitrogen and oxygen atoms in total. The summed E-state index contributed by atoms with van der Waals surface area (Å²) in [4.78, 5) is 4.21. The Hall–Kier alpha value is -1.96. The number of fused-ring (bicyclic) bond motifs is 1. The van der Waals surface area contributed by atoms with Gasteiger partial charge in [0, 0.05) is 18.8 Å². The van der Waals surface area contributed by atoms with Crippen LogP contribution in [0.4, 0.5) is 10.3 Å². The van der Waals surface area contributed by atoms with Gasteiger partial charge in [-0.2, -0.15) is 0 Å². The molecule has 2 N–H and O–H groups in total. The first-order chi connectivity index (χ1) is 9.15. The van der Waals surface area contributed by atoms with Gasteiger partial charge in [0.1, 0.15) is 5.82 Å². The number of aryl methyl sites for hydroxylation is 2. The van der Waals surface area contributed by atoms with E-state index in [1.54, 1.807) is 27.7 Å². The Kier molecular flexibility index (Phi) is 2.94. The zero-order valence-electron chi connectivity index (χ0n) is 9.79. The van der Waals surface area contributed by atoms with Gasteiger partial charge in [0.05, 0.1) is 28.2 Å². The van der Waals surface area contributed by atoms with Crippen LogP contribution < -0.4 is 5.73 Å². The molecule has 0 atom stereocenters. The van der Waals surface area contributed by atoms with Crippen molar-refractivity contribution in [3.8, 4) is 0 Å². The number of hydrogen-bond donors (Lipinski definition) is 1. The fourth-order valence-corrected chi connectivity index (χ4v) is 2.26. The van der Waals surface area contributed by atoms with Gasteiger partial charge >= 0.3 is 0 Å². The molecule has 0 amide bonds. The van der Waals surface area contributed by atoms with E-state index in [-0.39, 0.29) is 5.82 Å². The number of nitrogens with two attached hydrogens (primary N) is 1. The molecule has 0 saturated heterocycles. The van der Waals surface area contributed by atoms with Gasteiger partial charge < -0.3 is 10.3 Å². The van der Waals surface area contributed by atoms with E-state index in [1.165, 1.54) is 6.07 Å². The second-order valence-corrected chi connectivity index (χ2v) is 4.90. The Bertz CT molecular complexity index is 720. The summed E-state index contributed by atoms with van der Waals surface area (Å²) in [7, 11) is 0. The predicted molar refractivity (Wildman–Crippen MR) is 71.8 cm³/mol. The smallest absolute Gasteiger partial charge is 0.201 e. The minimum atomic E-state index is -0.339. The van der Waals surface area contributed by atoms with Crippen LogP contribution in [0.25, 0.3) is 11.0 Å². The molecule has 3 rings (SSSR count). The summed E-state index contributed by atoms with van der Waals surface area (Å²) in [5.74, 6) is 0.0158. The minimum absolute atomic E-state index is 0.339. The third-order valence-electron chi connectivity index (χ3n) is 2.84. The Morgan fingerprint density at radius 3 is 2.89 bits per heavy atom. The van der Waals surface area contributed by atoms with Crippen molar-refractivity contribution >= 4 is 32.9 Å². The van der Waals surface area contributed by atoms with E-state index in [4.69, 9.17) is 5.73 Å². The normalized spacial score (nSPS) is 11.3. The first-order valence-electron chi connectivity index (χ1n) is 5.60. The van der Waals surface area contributed by atoms with Gasteiger partial charge in [-0.05, 0) is 22.0 Å². The van der Waals surface area contributed by atoms with Crippen LogP contribution in [0.2, 0.25) is 0 Å². The molecular weight excluding hydrogens is 315 g/mol. The maximum atomic E-state index is 13.6. The second kappa shape index (κ2) is 4.61. The first-order valence-corrected chi connectivity index (χ1v) is 6.39. The zero-order valence-corrected chi connectivity index (χ0v) is 11.4. The van der Waals surface area contributed by atoms with Crippen LogP contribution in [0.15, 0.2) is 29.0 Å². The Morgan fingerprint density at radius 2 is 2.16 bits per heavy atom. The van der Waals surface area contributed by atoms with Gasteiger partial charge in [-0.1, -0.05) is 5.21 Å². The number of imidazole rings is 1. The number of nitrogens with zero attached hydrogens (tertiary/aromatic N) is 5. The van der Waals surface area contributed by atoms with Crippen molar-refractivity contribution in [1.82, 2.24) is 24.5 Å². The maximum absolute atomic E-state index is 13.6. The van der Waals surface area contributed by atoms with Crippen molar-refractivity contribution in [3.05, 3.63) is 34.8 Å². The molecule has 98 valence electrons. The van der Waals surface area contributed by atoms with E-state index < -0.39 is 0 Å². The van der Waals surface area contributed by atoms with Crippen LogP contribution in [-0.2, 0) is 13.1 Å². The van der Waals surface area contributed by atoms with E-state index in [9.17, 15) is 4.39 Å². The first kappa shape index (κ1) is 12.1. The Balaban J connectivity index is 1.98. The maximum Gasteiger partial charge on any atom is 0.201 e. The van der Waals surface area contributed by atoms with Crippen molar-refractivity contribution in [3.63, 3.8) is 0 Å². The molecule has 0 aliphatic rings. The number of halogens is 2. The predicted octanol–water partition coefficient (Wildman–Crippen LogP) is 1.81. The van der Waals surface area contributed by atoms with Crippen LogP contribution in [0.3, 0.4) is 0 Å². The molecule has 0 radical (unpaired) electrons. The Labute approximate surface area is 116 Å². The van der Waals surface area contributed by atoms with Gasteiger partial charge in [0.2, 0.25) is 5.95 Å². The van der Waals surface area contributed by atoms with E-state index in [1.807, 2.05) is 0 Å². The monoisotopic (exact) mass is 324 g/mol. The lowest BCUT2D eigenvalue weighted by Gasteiger charge is -2.06. The fraction of sp³-hybridized carbons (Fsp3) is 0.182. The Morgan fingerprint density at radius 1 is 1.32 bits per heavy atom. The molecule has 3 aromatic rings. The van der Waals surface area contributed by atoms with E-state index in [0.29, 0.717) is 34.5 Å². The van der Waals surface area contributed by atoms with E-state index >= 15 is 0 Å². The molecule has 0 saturated carbocycles. The number of rotatable bonds is 3. The van der Waals surface area contributed by atoms with E-state index in [2.05, 4.69) is 31.2 Å². The SMILES string of the molecule is Nc1nc2cc(Br)c(F)cc2n1CCn1ccnn1. The fourth-order valence-electron chi connectivity index (χ4n) is 1.93. The highest BCUT2D eigenvalue weighted by atomic mass is 79.9. The molecule has 8 heteroatoms. The summed E-state index contributed by atoms with van der Waals surface area (Å²) in [5.41, 5.74) is 7.18. The molecule has 19 heavy (non-hydrogen) atoms. The van der Waals surface area contributed by atoms with Crippen molar-refractivity contribution in [1.29, 1.82) is 0 Å². The highest BCUT2D eigenvalue weighted by Gasteiger charge is 2.11. The second-order valence-electron chi connectivity index (χ2n) is 4.04. The standard InChI is InChI=1S/C11H10BrFN6/c12-7-5-9-10(6-8(7)13)19(11(14)16-9)4-3-18-2-1-15-17-18/h1-2,5-6H,3-4H2,(H2,14,16). The number of benzene rings is 1. The van der Waals surface area contributed by atoms with Crippen LogP contribution in [0.5, 0.6) is 0 Å². The summed E-state index contributed by atoms with van der Waals surface area (Å²) >= 11 is 3.13.